The third kappa shape index (κ3) is 2.06. The van der Waals surface area contributed by atoms with Crippen LogP contribution in [0.4, 0.5) is 4.79 Å². The zero-order valence-electron chi connectivity index (χ0n) is 11.1. The molecule has 21 heavy (non-hydrogen) atoms. The van der Waals surface area contributed by atoms with Crippen LogP contribution in [-0.2, 0) is 15.1 Å². The van der Waals surface area contributed by atoms with Crippen LogP contribution >= 0.6 is 11.3 Å². The summed E-state index contributed by atoms with van der Waals surface area (Å²) in [6.07, 6.45) is 0. The van der Waals surface area contributed by atoms with Gasteiger partial charge in [-0.3, -0.25) is 14.5 Å². The Hall–Kier alpha value is -2.41. The Morgan fingerprint density at radius 2 is 2.10 bits per heavy atom. The number of hydrogen-bond donors (Lipinski definition) is 2. The molecule has 1 aromatic heterocycles. The molecule has 0 saturated carbocycles. The van der Waals surface area contributed by atoms with E-state index >= 15 is 0 Å². The summed E-state index contributed by atoms with van der Waals surface area (Å²) in [5.41, 5.74) is -1.21. The average molecular weight is 304 g/mol. The zero-order valence-corrected chi connectivity index (χ0v) is 11.9. The highest BCUT2D eigenvalue weighted by molar-refractivity contribution is 7.19. The standard InChI is InChI=1S/C14H12N2O4S/c1-14(10-6-8-4-2-3-5-9(8)21-10)12(19)16(7-11(17)18)13(20)15-14/h2-6H,7H2,1H3,(H,15,20)(H,17,18). The van der Waals surface area contributed by atoms with Crippen LogP contribution in [0.2, 0.25) is 0 Å². The molecule has 0 radical (unpaired) electrons. The number of carboxylic acid groups (broad SMARTS) is 1. The SMILES string of the molecule is CC1(c2cc3ccccc3s2)NC(=O)N(CC(=O)O)C1=O. The monoisotopic (exact) mass is 304 g/mol. The summed E-state index contributed by atoms with van der Waals surface area (Å²) in [5.74, 6) is -1.76. The van der Waals surface area contributed by atoms with E-state index in [2.05, 4.69) is 5.32 Å². The second-order valence-corrected chi connectivity index (χ2v) is 6.07. The first-order chi connectivity index (χ1) is 9.91. The smallest absolute Gasteiger partial charge is 0.325 e. The first-order valence-corrected chi connectivity index (χ1v) is 7.08. The second-order valence-electron chi connectivity index (χ2n) is 4.99. The number of benzene rings is 1. The summed E-state index contributed by atoms with van der Waals surface area (Å²) in [5, 5.41) is 12.4. The summed E-state index contributed by atoms with van der Waals surface area (Å²) < 4.78 is 1.01. The molecule has 108 valence electrons. The fourth-order valence-corrected chi connectivity index (χ4v) is 3.53. The number of urea groups is 1. The fraction of sp³-hybridized carbons (Fsp3) is 0.214. The zero-order chi connectivity index (χ0) is 15.2. The van der Waals surface area contributed by atoms with E-state index in [4.69, 9.17) is 5.11 Å². The first kappa shape index (κ1) is 13.6. The lowest BCUT2D eigenvalue weighted by Gasteiger charge is -2.19. The van der Waals surface area contributed by atoms with Gasteiger partial charge in [0.1, 0.15) is 6.54 Å². The fourth-order valence-electron chi connectivity index (χ4n) is 2.37. The van der Waals surface area contributed by atoms with Gasteiger partial charge in [0.2, 0.25) is 0 Å². The highest BCUT2D eigenvalue weighted by atomic mass is 32.1. The van der Waals surface area contributed by atoms with Crippen LogP contribution in [-0.4, -0.2) is 34.5 Å². The van der Waals surface area contributed by atoms with E-state index < -0.39 is 30.0 Å². The van der Waals surface area contributed by atoms with Gasteiger partial charge in [-0.2, -0.15) is 0 Å². The molecule has 1 saturated heterocycles. The average Bonchev–Trinajstić information content (AvgIpc) is 2.95. The second kappa shape index (κ2) is 4.56. The van der Waals surface area contributed by atoms with Gasteiger partial charge in [-0.05, 0) is 24.4 Å². The summed E-state index contributed by atoms with van der Waals surface area (Å²) in [6, 6.07) is 8.83. The van der Waals surface area contributed by atoms with Gasteiger partial charge in [0.15, 0.2) is 5.54 Å². The number of hydrogen-bond acceptors (Lipinski definition) is 4. The van der Waals surface area contributed by atoms with E-state index in [0.29, 0.717) is 4.88 Å². The number of nitrogens with zero attached hydrogens (tertiary/aromatic N) is 1. The highest BCUT2D eigenvalue weighted by Crippen LogP contribution is 2.36. The molecule has 0 spiro atoms. The van der Waals surface area contributed by atoms with Crippen molar-refractivity contribution in [3.63, 3.8) is 0 Å². The molecule has 0 bridgehead atoms. The normalized spacial score (nSPS) is 21.9. The molecule has 7 heteroatoms. The number of rotatable bonds is 3. The number of carboxylic acids is 1. The molecular weight excluding hydrogens is 292 g/mol. The molecule has 1 fully saturated rings. The van der Waals surface area contributed by atoms with Gasteiger partial charge in [-0.15, -0.1) is 11.3 Å². The molecule has 1 unspecified atom stereocenters. The maximum atomic E-state index is 12.4. The molecular formula is C14H12N2O4S. The molecule has 1 atom stereocenters. The van der Waals surface area contributed by atoms with Crippen LogP contribution in [0.5, 0.6) is 0 Å². The van der Waals surface area contributed by atoms with E-state index in [1.807, 2.05) is 30.3 Å². The van der Waals surface area contributed by atoms with Crippen molar-refractivity contribution < 1.29 is 19.5 Å². The number of fused-ring (bicyclic) bond motifs is 1. The molecule has 0 aliphatic carbocycles. The van der Waals surface area contributed by atoms with E-state index in [9.17, 15) is 14.4 Å². The van der Waals surface area contributed by atoms with Crippen LogP contribution in [0.3, 0.4) is 0 Å². The minimum atomic E-state index is -1.22. The van der Waals surface area contributed by atoms with Gasteiger partial charge in [-0.25, -0.2) is 4.79 Å². The lowest BCUT2D eigenvalue weighted by atomic mass is 10.00. The molecule has 1 aliphatic rings. The topological polar surface area (TPSA) is 86.7 Å². The Morgan fingerprint density at radius 3 is 2.76 bits per heavy atom. The quantitative estimate of drug-likeness (QED) is 0.846. The van der Waals surface area contributed by atoms with Crippen molar-refractivity contribution in [3.8, 4) is 0 Å². The van der Waals surface area contributed by atoms with Gasteiger partial charge < -0.3 is 10.4 Å². The minimum absolute atomic E-state index is 0.540. The maximum absolute atomic E-state index is 12.4. The van der Waals surface area contributed by atoms with Crippen LogP contribution < -0.4 is 5.32 Å². The van der Waals surface area contributed by atoms with Crippen molar-refractivity contribution in [1.82, 2.24) is 10.2 Å². The predicted molar refractivity (Wildman–Crippen MR) is 77.1 cm³/mol. The molecule has 3 rings (SSSR count). The first-order valence-electron chi connectivity index (χ1n) is 6.27. The molecule has 3 amide bonds. The number of thiophene rings is 1. The number of carbonyl (C=O) groups is 3. The summed E-state index contributed by atoms with van der Waals surface area (Å²) in [4.78, 5) is 36.5. The van der Waals surface area contributed by atoms with Crippen molar-refractivity contribution in [3.05, 3.63) is 35.2 Å². The number of aliphatic carboxylic acids is 1. The Balaban J connectivity index is 2.02. The largest absolute Gasteiger partial charge is 0.480 e. The Morgan fingerprint density at radius 1 is 1.38 bits per heavy atom. The van der Waals surface area contributed by atoms with E-state index in [1.54, 1.807) is 6.92 Å². The van der Waals surface area contributed by atoms with Gasteiger partial charge in [-0.1, -0.05) is 18.2 Å². The van der Waals surface area contributed by atoms with E-state index in [0.717, 1.165) is 15.0 Å². The maximum Gasteiger partial charge on any atom is 0.325 e. The summed E-state index contributed by atoms with van der Waals surface area (Å²) in [6.45, 7) is 0.963. The number of amides is 3. The van der Waals surface area contributed by atoms with Gasteiger partial charge in [0.05, 0.1) is 0 Å². The van der Waals surface area contributed by atoms with Crippen molar-refractivity contribution >= 4 is 39.3 Å². The molecule has 2 heterocycles. The summed E-state index contributed by atoms with van der Waals surface area (Å²) >= 11 is 1.41. The molecule has 2 aromatic rings. The Labute approximate surface area is 124 Å². The van der Waals surface area contributed by atoms with Gasteiger partial charge in [0.25, 0.3) is 5.91 Å². The van der Waals surface area contributed by atoms with Crippen molar-refractivity contribution in [1.29, 1.82) is 0 Å². The highest BCUT2D eigenvalue weighted by Gasteiger charge is 2.50. The Kier molecular flexibility index (Phi) is 2.94. The van der Waals surface area contributed by atoms with Gasteiger partial charge >= 0.3 is 12.0 Å². The Bertz CT molecular complexity index is 736. The number of imide groups is 1. The van der Waals surface area contributed by atoms with Crippen LogP contribution in [0.25, 0.3) is 10.1 Å². The molecule has 2 N–H and O–H groups in total. The minimum Gasteiger partial charge on any atom is -0.480 e. The third-order valence-corrected chi connectivity index (χ3v) is 4.82. The number of carbonyl (C=O) groups excluding carboxylic acids is 2. The lowest BCUT2D eigenvalue weighted by Crippen LogP contribution is -2.40. The van der Waals surface area contributed by atoms with Crippen LogP contribution in [0.1, 0.15) is 11.8 Å². The van der Waals surface area contributed by atoms with Crippen molar-refractivity contribution in [2.24, 2.45) is 0 Å². The van der Waals surface area contributed by atoms with E-state index in [1.165, 1.54) is 11.3 Å². The number of nitrogens with one attached hydrogen (secondary N) is 1. The molecule has 1 aromatic carbocycles. The van der Waals surface area contributed by atoms with Crippen LogP contribution in [0, 0.1) is 0 Å². The van der Waals surface area contributed by atoms with E-state index in [-0.39, 0.29) is 0 Å². The van der Waals surface area contributed by atoms with Crippen LogP contribution in [0.15, 0.2) is 30.3 Å². The third-order valence-electron chi connectivity index (χ3n) is 3.49. The summed E-state index contributed by atoms with van der Waals surface area (Å²) in [7, 11) is 0. The molecule has 1 aliphatic heterocycles. The van der Waals surface area contributed by atoms with Gasteiger partial charge in [0, 0.05) is 9.58 Å². The molecule has 6 nitrogen and oxygen atoms in total. The van der Waals surface area contributed by atoms with Crippen molar-refractivity contribution in [2.45, 2.75) is 12.5 Å². The lowest BCUT2D eigenvalue weighted by molar-refractivity contribution is -0.142. The van der Waals surface area contributed by atoms with Crippen molar-refractivity contribution in [2.75, 3.05) is 6.54 Å². The predicted octanol–water partition coefficient (Wildman–Crippen LogP) is 1.75.